The molecular weight excluding hydrogens is 438 g/mol. The van der Waals surface area contributed by atoms with E-state index < -0.39 is 27.9 Å². The number of fused-ring (bicyclic) bond motifs is 1. The van der Waals surface area contributed by atoms with E-state index in [-0.39, 0.29) is 23.7 Å². The van der Waals surface area contributed by atoms with Gasteiger partial charge in [0.05, 0.1) is 18.4 Å². The molecule has 0 aliphatic carbocycles. The van der Waals surface area contributed by atoms with E-state index in [1.165, 1.54) is 13.2 Å². The van der Waals surface area contributed by atoms with Gasteiger partial charge in [0, 0.05) is 17.2 Å². The summed E-state index contributed by atoms with van der Waals surface area (Å²) in [5.41, 5.74) is 0.590. The SMILES string of the molecule is COC(=O)C(NC(=O)C1=CC=CN2CCS(=O)(=O)N=C12)c1ccc(Br)cc1. The molecule has 0 radical (unpaired) electrons. The Hall–Kier alpha value is -2.46. The maximum Gasteiger partial charge on any atom is 0.333 e. The van der Waals surface area contributed by atoms with Crippen LogP contribution >= 0.6 is 15.9 Å². The van der Waals surface area contributed by atoms with Crippen LogP contribution in [0.25, 0.3) is 0 Å². The van der Waals surface area contributed by atoms with Crippen molar-refractivity contribution in [2.24, 2.45) is 4.40 Å². The van der Waals surface area contributed by atoms with Gasteiger partial charge in [0.25, 0.3) is 15.9 Å². The third kappa shape index (κ3) is 4.28. The fourth-order valence-electron chi connectivity index (χ4n) is 2.65. The predicted molar refractivity (Wildman–Crippen MR) is 102 cm³/mol. The summed E-state index contributed by atoms with van der Waals surface area (Å²) < 4.78 is 33.0. The first-order chi connectivity index (χ1) is 12.8. The van der Waals surface area contributed by atoms with Crippen molar-refractivity contribution >= 4 is 43.7 Å². The number of rotatable bonds is 4. The Morgan fingerprint density at radius 1 is 1.30 bits per heavy atom. The minimum absolute atomic E-state index is 0.0423. The van der Waals surface area contributed by atoms with Gasteiger partial charge in [-0.1, -0.05) is 28.1 Å². The first-order valence-corrected chi connectivity index (χ1v) is 10.3. The normalized spacial score (nSPS) is 18.7. The highest BCUT2D eigenvalue weighted by Gasteiger charge is 2.32. The number of amidine groups is 1. The van der Waals surface area contributed by atoms with Crippen LogP contribution in [0, 0.1) is 0 Å². The van der Waals surface area contributed by atoms with Crippen molar-refractivity contribution in [3.63, 3.8) is 0 Å². The van der Waals surface area contributed by atoms with Crippen LogP contribution in [-0.2, 0) is 24.3 Å². The molecule has 0 bridgehead atoms. The zero-order chi connectivity index (χ0) is 19.6. The molecule has 2 aliphatic rings. The van der Waals surface area contributed by atoms with E-state index in [0.717, 1.165) is 4.47 Å². The second kappa shape index (κ2) is 7.65. The number of benzene rings is 1. The first-order valence-electron chi connectivity index (χ1n) is 7.93. The molecule has 0 saturated carbocycles. The van der Waals surface area contributed by atoms with Crippen LogP contribution in [0.4, 0.5) is 0 Å². The molecule has 10 heteroatoms. The minimum atomic E-state index is -3.63. The van der Waals surface area contributed by atoms with Gasteiger partial charge in [0.1, 0.15) is 0 Å². The summed E-state index contributed by atoms with van der Waals surface area (Å²) in [7, 11) is -2.41. The molecule has 0 saturated heterocycles. The first kappa shape index (κ1) is 19.3. The Labute approximate surface area is 164 Å². The quantitative estimate of drug-likeness (QED) is 0.688. The van der Waals surface area contributed by atoms with Gasteiger partial charge in [-0.3, -0.25) is 4.79 Å². The van der Waals surface area contributed by atoms with E-state index in [9.17, 15) is 18.0 Å². The average molecular weight is 454 g/mol. The van der Waals surface area contributed by atoms with Gasteiger partial charge in [0.2, 0.25) is 0 Å². The van der Waals surface area contributed by atoms with Crippen molar-refractivity contribution < 1.29 is 22.7 Å². The number of amides is 1. The Morgan fingerprint density at radius 3 is 2.67 bits per heavy atom. The van der Waals surface area contributed by atoms with Crippen LogP contribution in [-0.4, -0.2) is 50.4 Å². The molecule has 1 unspecified atom stereocenters. The van der Waals surface area contributed by atoms with Crippen molar-refractivity contribution in [1.29, 1.82) is 0 Å². The number of nitrogens with one attached hydrogen (secondary N) is 1. The number of hydrogen-bond donors (Lipinski definition) is 1. The Balaban J connectivity index is 1.90. The van der Waals surface area contributed by atoms with Gasteiger partial charge in [-0.25, -0.2) is 13.2 Å². The van der Waals surface area contributed by atoms with Crippen LogP contribution in [0.3, 0.4) is 0 Å². The standard InChI is InChI=1S/C17H16BrN3O5S/c1-26-17(23)14(11-4-6-12(18)7-5-11)19-16(22)13-3-2-8-21-9-10-27(24,25)20-15(13)21/h2-8,14H,9-10H2,1H3,(H,19,22). The fraction of sp³-hybridized carbons (Fsp3) is 0.235. The van der Waals surface area contributed by atoms with Crippen molar-refractivity contribution in [3.05, 3.63) is 58.2 Å². The van der Waals surface area contributed by atoms with Crippen molar-refractivity contribution in [2.75, 3.05) is 19.4 Å². The molecule has 1 aromatic rings. The maximum absolute atomic E-state index is 12.8. The van der Waals surface area contributed by atoms with Gasteiger partial charge >= 0.3 is 5.97 Å². The summed E-state index contributed by atoms with van der Waals surface area (Å²) in [6.45, 7) is 0.204. The highest BCUT2D eigenvalue weighted by atomic mass is 79.9. The number of carbonyl (C=O) groups is 2. The molecule has 142 valence electrons. The molecule has 2 heterocycles. The summed E-state index contributed by atoms with van der Waals surface area (Å²) >= 11 is 3.31. The number of halogens is 1. The molecule has 8 nitrogen and oxygen atoms in total. The Kier molecular flexibility index (Phi) is 5.47. The third-order valence-corrected chi connectivity index (χ3v) is 5.70. The van der Waals surface area contributed by atoms with Crippen LogP contribution < -0.4 is 5.32 Å². The van der Waals surface area contributed by atoms with E-state index in [0.29, 0.717) is 5.56 Å². The zero-order valence-electron chi connectivity index (χ0n) is 14.3. The summed E-state index contributed by atoms with van der Waals surface area (Å²) in [5, 5.41) is 2.60. The number of hydrogen-bond acceptors (Lipinski definition) is 6. The number of ether oxygens (including phenoxy) is 1. The summed E-state index contributed by atoms with van der Waals surface area (Å²) in [6, 6.07) is 5.78. The predicted octanol–water partition coefficient (Wildman–Crippen LogP) is 1.28. The van der Waals surface area contributed by atoms with Crippen LogP contribution in [0.1, 0.15) is 11.6 Å². The lowest BCUT2D eigenvalue weighted by Gasteiger charge is -2.29. The van der Waals surface area contributed by atoms with E-state index in [4.69, 9.17) is 4.74 Å². The Morgan fingerprint density at radius 2 is 2.00 bits per heavy atom. The topological polar surface area (TPSA) is 105 Å². The molecular formula is C17H16BrN3O5S. The Bertz CT molecular complexity index is 967. The summed E-state index contributed by atoms with van der Waals surface area (Å²) in [4.78, 5) is 26.6. The number of carbonyl (C=O) groups excluding carboxylic acids is 2. The van der Waals surface area contributed by atoms with Crippen LogP contribution in [0.15, 0.2) is 57.1 Å². The molecule has 1 N–H and O–H groups in total. The van der Waals surface area contributed by atoms with E-state index in [1.807, 2.05) is 0 Å². The number of methoxy groups -OCH3 is 1. The lowest BCUT2D eigenvalue weighted by atomic mass is 10.1. The smallest absolute Gasteiger partial charge is 0.333 e. The van der Waals surface area contributed by atoms with Crippen molar-refractivity contribution in [1.82, 2.24) is 10.2 Å². The number of sulfonamides is 1. The molecule has 0 spiro atoms. The highest BCUT2D eigenvalue weighted by molar-refractivity contribution is 9.10. The van der Waals surface area contributed by atoms with Gasteiger partial charge in [-0.2, -0.15) is 0 Å². The lowest BCUT2D eigenvalue weighted by molar-refractivity contribution is -0.144. The molecule has 27 heavy (non-hydrogen) atoms. The minimum Gasteiger partial charge on any atom is -0.467 e. The molecule has 3 rings (SSSR count). The molecule has 1 aromatic carbocycles. The molecule has 0 fully saturated rings. The molecule has 2 aliphatic heterocycles. The van der Waals surface area contributed by atoms with Gasteiger partial charge in [-0.05, 0) is 29.8 Å². The highest BCUT2D eigenvalue weighted by Crippen LogP contribution is 2.21. The monoisotopic (exact) mass is 453 g/mol. The third-order valence-electron chi connectivity index (χ3n) is 4.02. The zero-order valence-corrected chi connectivity index (χ0v) is 16.7. The second-order valence-corrected chi connectivity index (χ2v) is 8.47. The van der Waals surface area contributed by atoms with Gasteiger partial charge < -0.3 is 15.0 Å². The van der Waals surface area contributed by atoms with E-state index >= 15 is 0 Å². The molecule has 1 atom stereocenters. The summed E-state index contributed by atoms with van der Waals surface area (Å²) in [5.74, 6) is -1.36. The second-order valence-electron chi connectivity index (χ2n) is 5.80. The van der Waals surface area contributed by atoms with Crippen LogP contribution in [0.2, 0.25) is 0 Å². The van der Waals surface area contributed by atoms with Gasteiger partial charge in [0.15, 0.2) is 11.9 Å². The summed E-state index contributed by atoms with van der Waals surface area (Å²) in [6.07, 6.45) is 4.73. The van der Waals surface area contributed by atoms with Gasteiger partial charge in [-0.15, -0.1) is 4.40 Å². The van der Waals surface area contributed by atoms with Crippen LogP contribution in [0.5, 0.6) is 0 Å². The molecule has 1 amide bonds. The largest absolute Gasteiger partial charge is 0.467 e. The lowest BCUT2D eigenvalue weighted by Crippen LogP contribution is -2.44. The average Bonchev–Trinajstić information content (AvgIpc) is 2.65. The number of esters is 1. The van der Waals surface area contributed by atoms with Crippen molar-refractivity contribution in [3.8, 4) is 0 Å². The fourth-order valence-corrected chi connectivity index (χ4v) is 3.90. The van der Waals surface area contributed by atoms with E-state index in [1.54, 1.807) is 41.4 Å². The number of nitrogens with zero attached hydrogens (tertiary/aromatic N) is 2. The number of allylic oxidation sites excluding steroid dienone is 2. The maximum atomic E-state index is 12.8. The van der Waals surface area contributed by atoms with E-state index in [2.05, 4.69) is 25.6 Å². The molecule has 0 aromatic heterocycles. The van der Waals surface area contributed by atoms with Crippen molar-refractivity contribution in [2.45, 2.75) is 6.04 Å².